The lowest BCUT2D eigenvalue weighted by atomic mass is 9.99. The highest BCUT2D eigenvalue weighted by molar-refractivity contribution is 5.97. The Kier molecular flexibility index (Phi) is 3.65. The van der Waals surface area contributed by atoms with Crippen LogP contribution in [0.4, 0.5) is 0 Å². The van der Waals surface area contributed by atoms with Gasteiger partial charge in [0.2, 0.25) is 0 Å². The molecular formula is C14H17NO3. The van der Waals surface area contributed by atoms with Crippen molar-refractivity contribution in [1.82, 2.24) is 4.90 Å². The number of carbonyl (C=O) groups is 2. The van der Waals surface area contributed by atoms with E-state index in [4.69, 9.17) is 0 Å². The van der Waals surface area contributed by atoms with Crippen LogP contribution in [-0.4, -0.2) is 34.5 Å². The van der Waals surface area contributed by atoms with Gasteiger partial charge in [-0.1, -0.05) is 18.2 Å². The average Bonchev–Trinajstić information content (AvgIpc) is 2.38. The Morgan fingerprint density at radius 2 is 2.00 bits per heavy atom. The minimum Gasteiger partial charge on any atom is -0.480 e. The molecule has 0 radical (unpaired) electrons. The maximum atomic E-state index is 12.4. The van der Waals surface area contributed by atoms with Gasteiger partial charge in [-0.3, -0.25) is 4.79 Å². The lowest BCUT2D eigenvalue weighted by molar-refractivity contribution is -0.143. The molecule has 1 aliphatic heterocycles. The number of benzene rings is 1. The topological polar surface area (TPSA) is 57.6 Å². The minimum atomic E-state index is -0.906. The first-order chi connectivity index (χ1) is 8.61. The number of amides is 1. The Hall–Kier alpha value is -1.84. The number of aliphatic carboxylic acids is 1. The number of carbonyl (C=O) groups excluding carboxylic acids is 1. The van der Waals surface area contributed by atoms with Gasteiger partial charge < -0.3 is 10.0 Å². The normalized spacial score (nSPS) is 19.6. The number of nitrogens with zero attached hydrogens (tertiary/aromatic N) is 1. The number of hydrogen-bond acceptors (Lipinski definition) is 2. The molecule has 0 bridgehead atoms. The average molecular weight is 247 g/mol. The summed E-state index contributed by atoms with van der Waals surface area (Å²) in [5.74, 6) is -1.07. The van der Waals surface area contributed by atoms with E-state index in [1.807, 2.05) is 19.1 Å². The molecule has 1 saturated heterocycles. The van der Waals surface area contributed by atoms with Crippen LogP contribution in [0.25, 0.3) is 0 Å². The van der Waals surface area contributed by atoms with Crippen molar-refractivity contribution in [2.75, 3.05) is 6.54 Å². The van der Waals surface area contributed by atoms with Gasteiger partial charge in [0.15, 0.2) is 0 Å². The first-order valence-electron chi connectivity index (χ1n) is 6.20. The highest BCUT2D eigenvalue weighted by Crippen LogP contribution is 2.21. The fourth-order valence-corrected chi connectivity index (χ4v) is 2.40. The van der Waals surface area contributed by atoms with Crippen LogP contribution in [0.1, 0.15) is 35.2 Å². The highest BCUT2D eigenvalue weighted by atomic mass is 16.4. The number of aryl methyl sites for hydroxylation is 1. The second kappa shape index (κ2) is 5.21. The van der Waals surface area contributed by atoms with Crippen LogP contribution in [0.2, 0.25) is 0 Å². The summed E-state index contributed by atoms with van der Waals surface area (Å²) in [5.41, 5.74) is 1.49. The Balaban J connectivity index is 2.27. The van der Waals surface area contributed by atoms with E-state index in [1.165, 1.54) is 4.90 Å². The van der Waals surface area contributed by atoms with E-state index in [2.05, 4.69) is 0 Å². The number of hydrogen-bond donors (Lipinski definition) is 1. The number of piperidine rings is 1. The van der Waals surface area contributed by atoms with Gasteiger partial charge in [-0.25, -0.2) is 4.79 Å². The van der Waals surface area contributed by atoms with Crippen molar-refractivity contribution in [3.8, 4) is 0 Å². The first kappa shape index (κ1) is 12.6. The Labute approximate surface area is 106 Å². The number of rotatable bonds is 2. The molecule has 18 heavy (non-hydrogen) atoms. The van der Waals surface area contributed by atoms with Gasteiger partial charge >= 0.3 is 5.97 Å². The highest BCUT2D eigenvalue weighted by Gasteiger charge is 2.32. The predicted octanol–water partition coefficient (Wildman–Crippen LogP) is 2.07. The Morgan fingerprint density at radius 3 is 2.67 bits per heavy atom. The van der Waals surface area contributed by atoms with Crippen LogP contribution in [-0.2, 0) is 4.79 Å². The van der Waals surface area contributed by atoms with Crippen molar-refractivity contribution in [2.24, 2.45) is 0 Å². The largest absolute Gasteiger partial charge is 0.480 e. The van der Waals surface area contributed by atoms with Gasteiger partial charge in [0.05, 0.1) is 0 Å². The monoisotopic (exact) mass is 247 g/mol. The third-order valence-corrected chi connectivity index (χ3v) is 3.42. The van der Waals surface area contributed by atoms with E-state index >= 15 is 0 Å². The number of carboxylic acid groups (broad SMARTS) is 1. The van der Waals surface area contributed by atoms with E-state index in [-0.39, 0.29) is 5.91 Å². The second-order valence-electron chi connectivity index (χ2n) is 4.66. The Bertz CT molecular complexity index is 470. The lowest BCUT2D eigenvalue weighted by Crippen LogP contribution is -2.48. The van der Waals surface area contributed by atoms with E-state index < -0.39 is 12.0 Å². The summed E-state index contributed by atoms with van der Waals surface area (Å²) in [7, 11) is 0. The predicted molar refractivity (Wildman–Crippen MR) is 67.5 cm³/mol. The summed E-state index contributed by atoms with van der Waals surface area (Å²) in [5, 5.41) is 9.18. The molecule has 2 rings (SSSR count). The summed E-state index contributed by atoms with van der Waals surface area (Å²) in [6.45, 7) is 2.40. The van der Waals surface area contributed by atoms with Gasteiger partial charge in [-0.05, 0) is 37.8 Å². The molecule has 0 spiro atoms. The summed E-state index contributed by atoms with van der Waals surface area (Å²) >= 11 is 0. The quantitative estimate of drug-likeness (QED) is 0.870. The minimum absolute atomic E-state index is 0.166. The summed E-state index contributed by atoms with van der Waals surface area (Å²) in [6, 6.07) is 6.63. The fraction of sp³-hybridized carbons (Fsp3) is 0.429. The van der Waals surface area contributed by atoms with Crippen LogP contribution < -0.4 is 0 Å². The second-order valence-corrected chi connectivity index (χ2v) is 4.66. The molecule has 1 aromatic carbocycles. The van der Waals surface area contributed by atoms with Gasteiger partial charge in [0, 0.05) is 12.1 Å². The maximum absolute atomic E-state index is 12.4. The van der Waals surface area contributed by atoms with Crippen LogP contribution in [0.5, 0.6) is 0 Å². The number of likely N-dealkylation sites (tertiary alicyclic amines) is 1. The molecule has 1 heterocycles. The zero-order valence-electron chi connectivity index (χ0n) is 10.4. The van der Waals surface area contributed by atoms with Crippen LogP contribution >= 0.6 is 0 Å². The zero-order valence-corrected chi connectivity index (χ0v) is 10.4. The molecule has 1 atom stereocenters. The van der Waals surface area contributed by atoms with Crippen LogP contribution in [0.15, 0.2) is 24.3 Å². The van der Waals surface area contributed by atoms with Crippen LogP contribution in [0.3, 0.4) is 0 Å². The lowest BCUT2D eigenvalue weighted by Gasteiger charge is -2.33. The molecule has 1 aliphatic rings. The van der Waals surface area contributed by atoms with Gasteiger partial charge in [0.25, 0.3) is 5.91 Å². The molecule has 96 valence electrons. The van der Waals surface area contributed by atoms with Crippen molar-refractivity contribution < 1.29 is 14.7 Å². The van der Waals surface area contributed by atoms with Crippen molar-refractivity contribution >= 4 is 11.9 Å². The smallest absolute Gasteiger partial charge is 0.326 e. The molecule has 4 heteroatoms. The van der Waals surface area contributed by atoms with E-state index in [0.29, 0.717) is 18.5 Å². The molecule has 1 amide bonds. The molecule has 1 N–H and O–H groups in total. The first-order valence-corrected chi connectivity index (χ1v) is 6.20. The molecule has 0 aromatic heterocycles. The van der Waals surface area contributed by atoms with Crippen molar-refractivity contribution in [1.29, 1.82) is 0 Å². The molecule has 4 nitrogen and oxygen atoms in total. The SMILES string of the molecule is Cc1ccccc1C(=O)N1CCCC[C@@H]1C(=O)O. The summed E-state index contributed by atoms with van der Waals surface area (Å²) in [4.78, 5) is 25.1. The number of carboxylic acids is 1. The summed E-state index contributed by atoms with van der Waals surface area (Å²) < 4.78 is 0. The molecule has 0 aliphatic carbocycles. The molecular weight excluding hydrogens is 230 g/mol. The van der Waals surface area contributed by atoms with Crippen LogP contribution in [0, 0.1) is 6.92 Å². The van der Waals surface area contributed by atoms with Crippen molar-refractivity contribution in [3.63, 3.8) is 0 Å². The Morgan fingerprint density at radius 1 is 1.28 bits per heavy atom. The van der Waals surface area contributed by atoms with Gasteiger partial charge in [0.1, 0.15) is 6.04 Å². The molecule has 0 saturated carbocycles. The third-order valence-electron chi connectivity index (χ3n) is 3.42. The van der Waals surface area contributed by atoms with E-state index in [9.17, 15) is 14.7 Å². The third kappa shape index (κ3) is 2.37. The zero-order chi connectivity index (χ0) is 13.1. The van der Waals surface area contributed by atoms with Crippen molar-refractivity contribution in [2.45, 2.75) is 32.2 Å². The molecule has 1 aromatic rings. The van der Waals surface area contributed by atoms with Gasteiger partial charge in [-0.2, -0.15) is 0 Å². The fourth-order valence-electron chi connectivity index (χ4n) is 2.40. The molecule has 0 unspecified atom stereocenters. The van der Waals surface area contributed by atoms with E-state index in [0.717, 1.165) is 18.4 Å². The standard InChI is InChI=1S/C14H17NO3/c1-10-6-2-3-7-11(10)13(16)15-9-5-4-8-12(15)14(17)18/h2-3,6-7,12H,4-5,8-9H2,1H3,(H,17,18)/t12-/m1/s1. The maximum Gasteiger partial charge on any atom is 0.326 e. The van der Waals surface area contributed by atoms with E-state index in [1.54, 1.807) is 12.1 Å². The van der Waals surface area contributed by atoms with Crippen molar-refractivity contribution in [3.05, 3.63) is 35.4 Å². The van der Waals surface area contributed by atoms with Gasteiger partial charge in [-0.15, -0.1) is 0 Å². The molecule has 1 fully saturated rings. The summed E-state index contributed by atoms with van der Waals surface area (Å²) in [6.07, 6.45) is 2.29.